The molecule has 15 heavy (non-hydrogen) atoms. The zero-order valence-electron chi connectivity index (χ0n) is 7.58. The van der Waals surface area contributed by atoms with Crippen LogP contribution in [0.15, 0.2) is 28.2 Å². The molecule has 2 aromatic rings. The highest BCUT2D eigenvalue weighted by molar-refractivity contribution is 9.11. The molecule has 5 heteroatoms. The predicted molar refractivity (Wildman–Crippen MR) is 61.1 cm³/mol. The molecular weight excluding hydrogens is 281 g/mol. The number of hydrogen-bond acceptors (Lipinski definition) is 3. The molecule has 0 amide bonds. The van der Waals surface area contributed by atoms with Crippen LogP contribution < -0.4 is 0 Å². The first-order valence-corrected chi connectivity index (χ1v) is 5.83. The molecule has 0 radical (unpaired) electrons. The summed E-state index contributed by atoms with van der Waals surface area (Å²) in [6, 6.07) is 6.17. The van der Waals surface area contributed by atoms with Gasteiger partial charge in [-0.2, -0.15) is 0 Å². The Labute approximate surface area is 98.5 Å². The molecule has 0 aliphatic heterocycles. The summed E-state index contributed by atoms with van der Waals surface area (Å²) in [6.07, 6.45) is 0. The van der Waals surface area contributed by atoms with Crippen LogP contribution in [0.5, 0.6) is 0 Å². The molecule has 0 spiro atoms. The van der Waals surface area contributed by atoms with E-state index >= 15 is 0 Å². The number of aliphatic hydroxyl groups excluding tert-OH is 1. The number of nitrogens with zero attached hydrogens (tertiary/aromatic N) is 1. The largest absolute Gasteiger partial charge is 0.391 e. The number of halogens is 2. The van der Waals surface area contributed by atoms with Crippen LogP contribution >= 0.6 is 27.3 Å². The van der Waals surface area contributed by atoms with E-state index in [0.717, 1.165) is 4.88 Å². The van der Waals surface area contributed by atoms with E-state index in [2.05, 4.69) is 20.9 Å². The number of benzene rings is 1. The van der Waals surface area contributed by atoms with Crippen LogP contribution in [0.2, 0.25) is 0 Å². The third-order valence-electron chi connectivity index (χ3n) is 1.91. The van der Waals surface area contributed by atoms with Crippen LogP contribution in [0.25, 0.3) is 11.3 Å². The van der Waals surface area contributed by atoms with E-state index in [4.69, 9.17) is 5.11 Å². The quantitative estimate of drug-likeness (QED) is 0.920. The maximum atomic E-state index is 13.0. The van der Waals surface area contributed by atoms with Crippen LogP contribution in [-0.4, -0.2) is 10.1 Å². The van der Waals surface area contributed by atoms with Crippen molar-refractivity contribution in [3.8, 4) is 11.3 Å². The summed E-state index contributed by atoms with van der Waals surface area (Å²) in [5.74, 6) is -0.305. The van der Waals surface area contributed by atoms with Gasteiger partial charge in [-0.05, 0) is 28.1 Å². The second-order valence-corrected chi connectivity index (χ2v) is 5.27. The summed E-state index contributed by atoms with van der Waals surface area (Å²) in [6.45, 7) is -0.0882. The van der Waals surface area contributed by atoms with Crippen molar-refractivity contribution in [2.24, 2.45) is 0 Å². The Morgan fingerprint density at radius 3 is 2.93 bits per heavy atom. The molecule has 0 unspecified atom stereocenters. The Morgan fingerprint density at radius 1 is 1.47 bits per heavy atom. The molecule has 0 atom stereocenters. The molecule has 1 aromatic carbocycles. The molecule has 0 aliphatic rings. The van der Waals surface area contributed by atoms with Gasteiger partial charge in [-0.1, -0.05) is 12.1 Å². The highest BCUT2D eigenvalue weighted by atomic mass is 79.9. The molecule has 0 bridgehead atoms. The van der Waals surface area contributed by atoms with Gasteiger partial charge < -0.3 is 5.11 Å². The molecule has 0 saturated heterocycles. The third kappa shape index (κ3) is 2.25. The van der Waals surface area contributed by atoms with Crippen LogP contribution in [0.1, 0.15) is 4.88 Å². The maximum absolute atomic E-state index is 13.0. The van der Waals surface area contributed by atoms with Gasteiger partial charge in [-0.3, -0.25) is 0 Å². The highest BCUT2D eigenvalue weighted by Gasteiger charge is 2.11. The van der Waals surface area contributed by atoms with E-state index in [1.807, 2.05) is 0 Å². The first-order chi connectivity index (χ1) is 7.20. The van der Waals surface area contributed by atoms with Crippen LogP contribution in [0, 0.1) is 5.82 Å². The molecule has 78 valence electrons. The molecule has 0 fully saturated rings. The van der Waals surface area contributed by atoms with Gasteiger partial charge >= 0.3 is 0 Å². The highest BCUT2D eigenvalue weighted by Crippen LogP contribution is 2.31. The minimum absolute atomic E-state index is 0.0882. The minimum Gasteiger partial charge on any atom is -0.391 e. The second kappa shape index (κ2) is 4.38. The fourth-order valence-corrected chi connectivity index (χ4v) is 2.72. The lowest BCUT2D eigenvalue weighted by atomic mass is 10.1. The summed E-state index contributed by atoms with van der Waals surface area (Å²) < 4.78 is 13.7. The Bertz CT molecular complexity index is 486. The van der Waals surface area contributed by atoms with Gasteiger partial charge in [0.2, 0.25) is 0 Å². The summed E-state index contributed by atoms with van der Waals surface area (Å²) >= 11 is 4.59. The first kappa shape index (κ1) is 10.7. The van der Waals surface area contributed by atoms with Crippen molar-refractivity contribution in [1.29, 1.82) is 0 Å². The lowest BCUT2D eigenvalue weighted by molar-refractivity contribution is 0.286. The van der Waals surface area contributed by atoms with E-state index in [0.29, 0.717) is 15.2 Å². The van der Waals surface area contributed by atoms with E-state index < -0.39 is 0 Å². The number of rotatable bonds is 2. The molecule has 0 saturated carbocycles. The van der Waals surface area contributed by atoms with E-state index in [9.17, 15) is 4.39 Å². The van der Waals surface area contributed by atoms with E-state index in [1.54, 1.807) is 12.1 Å². The molecule has 0 aliphatic carbocycles. The fourth-order valence-electron chi connectivity index (χ4n) is 1.29. The molecule has 1 N–H and O–H groups in total. The monoisotopic (exact) mass is 287 g/mol. The zero-order valence-corrected chi connectivity index (χ0v) is 9.98. The van der Waals surface area contributed by atoms with Gasteiger partial charge in [0, 0.05) is 5.56 Å². The van der Waals surface area contributed by atoms with Crippen LogP contribution in [0.3, 0.4) is 0 Å². The zero-order chi connectivity index (χ0) is 10.8. The van der Waals surface area contributed by atoms with Crippen LogP contribution in [-0.2, 0) is 6.61 Å². The van der Waals surface area contributed by atoms with Gasteiger partial charge in [0.15, 0.2) is 3.92 Å². The lowest BCUT2D eigenvalue weighted by Crippen LogP contribution is -1.85. The van der Waals surface area contributed by atoms with Crippen molar-refractivity contribution in [2.75, 3.05) is 0 Å². The van der Waals surface area contributed by atoms with E-state index in [1.165, 1.54) is 23.5 Å². The molecule has 1 heterocycles. The SMILES string of the molecule is OCc1sc(Br)nc1-c1cccc(F)c1. The number of thiazole rings is 1. The predicted octanol–water partition coefficient (Wildman–Crippen LogP) is 3.20. The van der Waals surface area contributed by atoms with Crippen molar-refractivity contribution in [3.05, 3.63) is 38.9 Å². The normalized spacial score (nSPS) is 10.6. The van der Waals surface area contributed by atoms with Crippen molar-refractivity contribution in [1.82, 2.24) is 4.98 Å². The Balaban J connectivity index is 2.53. The maximum Gasteiger partial charge on any atom is 0.160 e. The van der Waals surface area contributed by atoms with Gasteiger partial charge in [0.1, 0.15) is 5.82 Å². The minimum atomic E-state index is -0.305. The van der Waals surface area contributed by atoms with Gasteiger partial charge in [0.25, 0.3) is 0 Å². The topological polar surface area (TPSA) is 33.1 Å². The van der Waals surface area contributed by atoms with Gasteiger partial charge in [-0.25, -0.2) is 9.37 Å². The fraction of sp³-hybridized carbons (Fsp3) is 0.100. The summed E-state index contributed by atoms with van der Waals surface area (Å²) in [5.41, 5.74) is 1.31. The molecule has 2 nitrogen and oxygen atoms in total. The summed E-state index contributed by atoms with van der Waals surface area (Å²) in [4.78, 5) is 4.93. The van der Waals surface area contributed by atoms with Crippen molar-refractivity contribution in [2.45, 2.75) is 6.61 Å². The third-order valence-corrected chi connectivity index (χ3v) is 3.40. The number of aliphatic hydroxyl groups is 1. The standard InChI is InChI=1S/C10H7BrFNOS/c11-10-13-9(8(5-14)15-10)6-2-1-3-7(12)4-6/h1-4,14H,5H2. The Morgan fingerprint density at radius 2 is 2.27 bits per heavy atom. The second-order valence-electron chi connectivity index (χ2n) is 2.91. The van der Waals surface area contributed by atoms with E-state index in [-0.39, 0.29) is 12.4 Å². The average molecular weight is 288 g/mol. The Hall–Kier alpha value is -0.780. The lowest BCUT2D eigenvalue weighted by Gasteiger charge is -1.99. The first-order valence-electron chi connectivity index (χ1n) is 4.22. The summed E-state index contributed by atoms with van der Waals surface area (Å²) in [5, 5.41) is 9.12. The van der Waals surface area contributed by atoms with Crippen molar-refractivity contribution < 1.29 is 9.50 Å². The number of aromatic nitrogens is 1. The summed E-state index contributed by atoms with van der Waals surface area (Å²) in [7, 11) is 0. The van der Waals surface area contributed by atoms with Gasteiger partial charge in [0.05, 0.1) is 17.2 Å². The smallest absolute Gasteiger partial charge is 0.160 e. The van der Waals surface area contributed by atoms with Crippen molar-refractivity contribution >= 4 is 27.3 Å². The average Bonchev–Trinajstić information content (AvgIpc) is 2.59. The van der Waals surface area contributed by atoms with Crippen molar-refractivity contribution in [3.63, 3.8) is 0 Å². The number of hydrogen-bond donors (Lipinski definition) is 1. The molecule has 2 rings (SSSR count). The van der Waals surface area contributed by atoms with Gasteiger partial charge in [-0.15, -0.1) is 11.3 Å². The Kier molecular flexibility index (Phi) is 3.14. The molecule has 1 aromatic heterocycles. The van der Waals surface area contributed by atoms with Crippen LogP contribution in [0.4, 0.5) is 4.39 Å². The molecular formula is C10H7BrFNOS.